The fraction of sp³-hybridized carbons (Fsp3) is 0.938. The molecule has 1 rings (SSSR count). The van der Waals surface area contributed by atoms with E-state index in [0.717, 1.165) is 19.3 Å². The van der Waals surface area contributed by atoms with Gasteiger partial charge in [-0.05, 0) is 51.6 Å². The predicted octanol–water partition coefficient (Wildman–Crippen LogP) is 2.26. The van der Waals surface area contributed by atoms with E-state index in [0.29, 0.717) is 37.9 Å². The van der Waals surface area contributed by atoms with Crippen molar-refractivity contribution in [2.24, 2.45) is 10.9 Å². The summed E-state index contributed by atoms with van der Waals surface area (Å²) in [5, 5.41) is 6.34. The maximum absolute atomic E-state index is 12.4. The van der Waals surface area contributed by atoms with Gasteiger partial charge >= 0.3 is 6.18 Å². The first-order chi connectivity index (χ1) is 12.0. The lowest BCUT2D eigenvalue weighted by molar-refractivity contribution is -0.148. The molecule has 0 aliphatic carbocycles. The normalized spacial score (nSPS) is 18.7. The second-order valence-electron chi connectivity index (χ2n) is 7.09. The van der Waals surface area contributed by atoms with Crippen LogP contribution >= 0.6 is 24.0 Å². The van der Waals surface area contributed by atoms with Crippen molar-refractivity contribution in [1.82, 2.24) is 15.5 Å². The van der Waals surface area contributed by atoms with Crippen LogP contribution in [0.15, 0.2) is 4.99 Å². The fourth-order valence-corrected chi connectivity index (χ4v) is 3.75. The summed E-state index contributed by atoms with van der Waals surface area (Å²) in [5.41, 5.74) is 0. The Morgan fingerprint density at radius 3 is 2.37 bits per heavy atom. The summed E-state index contributed by atoms with van der Waals surface area (Å²) < 4.78 is 59.6. The standard InChI is InChI=1S/C16H31F3N4O2S.HI/c1-13(7-11-26(3,24)25)22-15(20-2)21-8-4-14-5-9-23(10-6-14)12-16(17,18)19;/h13-14H,4-12H2,1-3H3,(H2,20,21,22);1H. The Morgan fingerprint density at radius 2 is 1.89 bits per heavy atom. The maximum Gasteiger partial charge on any atom is 0.401 e. The molecule has 0 aromatic rings. The third-order valence-corrected chi connectivity index (χ3v) is 5.46. The van der Waals surface area contributed by atoms with Crippen LogP contribution in [0.2, 0.25) is 0 Å². The zero-order valence-electron chi connectivity index (χ0n) is 16.2. The first-order valence-corrected chi connectivity index (χ1v) is 11.0. The molecule has 0 spiro atoms. The largest absolute Gasteiger partial charge is 0.401 e. The molecule has 0 bridgehead atoms. The number of rotatable bonds is 8. The lowest BCUT2D eigenvalue weighted by atomic mass is 9.93. The Labute approximate surface area is 177 Å². The van der Waals surface area contributed by atoms with Gasteiger partial charge in [0.05, 0.1) is 12.3 Å². The molecule has 11 heteroatoms. The summed E-state index contributed by atoms with van der Waals surface area (Å²) in [6.45, 7) is 2.73. The van der Waals surface area contributed by atoms with E-state index in [-0.39, 0.29) is 35.8 Å². The van der Waals surface area contributed by atoms with Crippen molar-refractivity contribution in [3.8, 4) is 0 Å². The quantitative estimate of drug-likeness (QED) is 0.287. The molecule has 0 aromatic heterocycles. The third-order valence-electron chi connectivity index (χ3n) is 4.48. The molecule has 2 N–H and O–H groups in total. The summed E-state index contributed by atoms with van der Waals surface area (Å²) in [6.07, 6.45) is 0.00569. The van der Waals surface area contributed by atoms with Crippen molar-refractivity contribution >= 4 is 39.8 Å². The smallest absolute Gasteiger partial charge is 0.356 e. The van der Waals surface area contributed by atoms with Gasteiger partial charge in [-0.15, -0.1) is 24.0 Å². The van der Waals surface area contributed by atoms with Crippen molar-refractivity contribution in [1.29, 1.82) is 0 Å². The van der Waals surface area contributed by atoms with Gasteiger partial charge in [0.25, 0.3) is 0 Å². The Bertz CT molecular complexity index is 550. The van der Waals surface area contributed by atoms with E-state index in [1.165, 1.54) is 11.2 Å². The molecule has 1 heterocycles. The molecule has 0 radical (unpaired) electrons. The van der Waals surface area contributed by atoms with Crippen LogP contribution in [-0.2, 0) is 9.84 Å². The number of alkyl halides is 3. The molecule has 1 aliphatic rings. The van der Waals surface area contributed by atoms with Crippen molar-refractivity contribution in [2.45, 2.75) is 44.8 Å². The SMILES string of the molecule is CN=C(NCCC1CCN(CC(F)(F)F)CC1)NC(C)CCS(C)(=O)=O.I. The van der Waals surface area contributed by atoms with E-state index in [1.807, 2.05) is 6.92 Å². The molecule has 0 saturated carbocycles. The molecule has 1 unspecified atom stereocenters. The van der Waals surface area contributed by atoms with Gasteiger partial charge < -0.3 is 10.6 Å². The number of piperidine rings is 1. The first-order valence-electron chi connectivity index (χ1n) is 8.92. The number of nitrogens with one attached hydrogen (secondary N) is 2. The molecular formula is C16H32F3IN4O2S. The van der Waals surface area contributed by atoms with Gasteiger partial charge in [-0.2, -0.15) is 13.2 Å². The molecular weight excluding hydrogens is 496 g/mol. The van der Waals surface area contributed by atoms with Gasteiger partial charge in [-0.1, -0.05) is 0 Å². The molecule has 162 valence electrons. The summed E-state index contributed by atoms with van der Waals surface area (Å²) in [6, 6.07) is -0.0264. The number of likely N-dealkylation sites (tertiary alicyclic amines) is 1. The van der Waals surface area contributed by atoms with Crippen molar-refractivity contribution in [3.63, 3.8) is 0 Å². The minimum atomic E-state index is -4.12. The van der Waals surface area contributed by atoms with Crippen molar-refractivity contribution in [3.05, 3.63) is 0 Å². The number of hydrogen-bond acceptors (Lipinski definition) is 4. The number of aliphatic imine (C=N–C) groups is 1. The number of hydrogen-bond donors (Lipinski definition) is 2. The van der Waals surface area contributed by atoms with E-state index < -0.39 is 22.6 Å². The fourth-order valence-electron chi connectivity index (χ4n) is 2.97. The van der Waals surface area contributed by atoms with E-state index in [9.17, 15) is 21.6 Å². The first kappa shape index (κ1) is 26.7. The van der Waals surface area contributed by atoms with E-state index >= 15 is 0 Å². The molecule has 1 aliphatic heterocycles. The molecule has 6 nitrogen and oxygen atoms in total. The number of nitrogens with zero attached hydrogens (tertiary/aromatic N) is 2. The maximum atomic E-state index is 12.4. The molecule has 1 fully saturated rings. The van der Waals surface area contributed by atoms with Crippen LogP contribution in [0.3, 0.4) is 0 Å². The second-order valence-corrected chi connectivity index (χ2v) is 9.35. The molecule has 1 saturated heterocycles. The number of halogens is 4. The van der Waals surface area contributed by atoms with Crippen LogP contribution in [0.5, 0.6) is 0 Å². The zero-order valence-corrected chi connectivity index (χ0v) is 19.3. The second kappa shape index (κ2) is 12.3. The Balaban J connectivity index is 0.00000676. The highest BCUT2D eigenvalue weighted by molar-refractivity contribution is 14.0. The number of guanidine groups is 1. The van der Waals surface area contributed by atoms with Crippen LogP contribution in [0.25, 0.3) is 0 Å². The Kier molecular flexibility index (Phi) is 12.2. The Morgan fingerprint density at radius 1 is 1.30 bits per heavy atom. The topological polar surface area (TPSA) is 73.8 Å². The molecule has 0 amide bonds. The summed E-state index contributed by atoms with van der Waals surface area (Å²) in [4.78, 5) is 5.59. The van der Waals surface area contributed by atoms with E-state index in [1.54, 1.807) is 7.05 Å². The lowest BCUT2D eigenvalue weighted by Crippen LogP contribution is -2.44. The molecule has 0 aromatic carbocycles. The Hall–Kier alpha value is -0.300. The van der Waals surface area contributed by atoms with E-state index in [4.69, 9.17) is 0 Å². The highest BCUT2D eigenvalue weighted by Crippen LogP contribution is 2.23. The summed E-state index contributed by atoms with van der Waals surface area (Å²) in [5.74, 6) is 1.14. The van der Waals surface area contributed by atoms with Gasteiger partial charge in [0, 0.05) is 25.9 Å². The molecule has 27 heavy (non-hydrogen) atoms. The van der Waals surface area contributed by atoms with Gasteiger partial charge in [0.2, 0.25) is 0 Å². The van der Waals surface area contributed by atoms with Gasteiger partial charge in [0.15, 0.2) is 5.96 Å². The van der Waals surface area contributed by atoms with Crippen LogP contribution in [0, 0.1) is 5.92 Å². The van der Waals surface area contributed by atoms with E-state index in [2.05, 4.69) is 15.6 Å². The predicted molar refractivity (Wildman–Crippen MR) is 114 cm³/mol. The van der Waals surface area contributed by atoms with Crippen LogP contribution < -0.4 is 10.6 Å². The highest BCUT2D eigenvalue weighted by atomic mass is 127. The lowest BCUT2D eigenvalue weighted by Gasteiger charge is -2.32. The summed E-state index contributed by atoms with van der Waals surface area (Å²) >= 11 is 0. The minimum absolute atomic E-state index is 0. The van der Waals surface area contributed by atoms with Gasteiger partial charge in [-0.3, -0.25) is 9.89 Å². The molecule has 1 atom stereocenters. The highest BCUT2D eigenvalue weighted by Gasteiger charge is 2.32. The van der Waals surface area contributed by atoms with Crippen molar-refractivity contribution in [2.75, 3.05) is 45.2 Å². The van der Waals surface area contributed by atoms with Crippen LogP contribution in [0.1, 0.15) is 32.6 Å². The number of sulfone groups is 1. The minimum Gasteiger partial charge on any atom is -0.356 e. The van der Waals surface area contributed by atoms with Crippen LogP contribution in [-0.4, -0.2) is 76.7 Å². The average molecular weight is 528 g/mol. The zero-order chi connectivity index (χ0) is 19.8. The van der Waals surface area contributed by atoms with Crippen LogP contribution in [0.4, 0.5) is 13.2 Å². The summed E-state index contributed by atoms with van der Waals surface area (Å²) in [7, 11) is -1.34. The van der Waals surface area contributed by atoms with Crippen molar-refractivity contribution < 1.29 is 21.6 Å². The third kappa shape index (κ3) is 13.5. The monoisotopic (exact) mass is 528 g/mol. The van der Waals surface area contributed by atoms with Gasteiger partial charge in [-0.25, -0.2) is 8.42 Å². The average Bonchev–Trinajstić information content (AvgIpc) is 2.51. The van der Waals surface area contributed by atoms with Gasteiger partial charge in [0.1, 0.15) is 9.84 Å².